The molecule has 2 unspecified atom stereocenters. The van der Waals surface area contributed by atoms with Gasteiger partial charge in [0, 0.05) is 12.1 Å². The fourth-order valence-electron chi connectivity index (χ4n) is 1.91. The molecule has 10 nitrogen and oxygen atoms in total. The molecule has 1 rings (SSSR count). The van der Waals surface area contributed by atoms with E-state index in [-0.39, 0.29) is 12.1 Å². The fourth-order valence-corrected chi connectivity index (χ4v) is 1.91. The molecule has 0 aromatic heterocycles. The van der Waals surface area contributed by atoms with Gasteiger partial charge in [0.15, 0.2) is 11.5 Å². The molecule has 164 valence electrons. The largest absolute Gasteiger partial charge is 0.493 e. The molecule has 1 aromatic rings. The molecule has 10 heteroatoms. The number of ether oxygens (including phenoxy) is 2. The second-order valence-corrected chi connectivity index (χ2v) is 7.24. The predicted octanol–water partition coefficient (Wildman–Crippen LogP) is 0.567. The number of aliphatic hydroxyl groups excluding tert-OH is 1. The van der Waals surface area contributed by atoms with Gasteiger partial charge in [0.25, 0.3) is 0 Å². The average Bonchev–Trinajstić information content (AvgIpc) is 2.63. The Kier molecular flexibility index (Phi) is 10.7. The normalized spacial score (nSPS) is 12.8. The van der Waals surface area contributed by atoms with Gasteiger partial charge in [0.1, 0.15) is 12.7 Å². The van der Waals surface area contributed by atoms with E-state index >= 15 is 0 Å². The highest BCUT2D eigenvalue weighted by atomic mass is 16.5. The Labute approximate surface area is 169 Å². The van der Waals surface area contributed by atoms with Crippen molar-refractivity contribution in [1.29, 1.82) is 0 Å². The zero-order valence-electron chi connectivity index (χ0n) is 17.3. The third-order valence-electron chi connectivity index (χ3n) is 3.60. The Morgan fingerprint density at radius 2 is 1.69 bits per heavy atom. The monoisotopic (exact) mass is 414 g/mol. The Bertz CT molecular complexity index is 688. The number of benzene rings is 1. The van der Waals surface area contributed by atoms with Crippen molar-refractivity contribution < 1.29 is 39.2 Å². The van der Waals surface area contributed by atoms with Crippen molar-refractivity contribution in [1.82, 2.24) is 5.32 Å². The molecule has 0 spiro atoms. The molecule has 0 aliphatic heterocycles. The third-order valence-corrected chi connectivity index (χ3v) is 3.60. The van der Waals surface area contributed by atoms with E-state index in [1.54, 1.807) is 25.1 Å². The third kappa shape index (κ3) is 10.9. The molecule has 0 aliphatic carbocycles. The number of carbonyl (C=O) groups excluding carboxylic acids is 1. The molecule has 0 aliphatic rings. The molecular weight excluding hydrogens is 384 g/mol. The summed E-state index contributed by atoms with van der Waals surface area (Å²) in [6.45, 7) is 8.40. The summed E-state index contributed by atoms with van der Waals surface area (Å²) in [4.78, 5) is 29.5. The number of nitrogens with two attached hydrogens (primary N) is 1. The Balaban J connectivity index is 0.00000113. The van der Waals surface area contributed by atoms with Crippen LogP contribution in [0.1, 0.15) is 39.2 Å². The van der Waals surface area contributed by atoms with Crippen molar-refractivity contribution in [2.24, 2.45) is 5.73 Å². The van der Waals surface area contributed by atoms with Gasteiger partial charge in [0.2, 0.25) is 5.91 Å². The highest BCUT2D eigenvalue weighted by molar-refractivity contribution is 6.27. The van der Waals surface area contributed by atoms with Crippen LogP contribution in [0.4, 0.5) is 0 Å². The second-order valence-electron chi connectivity index (χ2n) is 7.24. The first-order valence-corrected chi connectivity index (χ1v) is 8.77. The summed E-state index contributed by atoms with van der Waals surface area (Å²) >= 11 is 0. The van der Waals surface area contributed by atoms with Crippen LogP contribution >= 0.6 is 0 Å². The van der Waals surface area contributed by atoms with Crippen LogP contribution in [0.5, 0.6) is 11.5 Å². The smallest absolute Gasteiger partial charge is 0.414 e. The Morgan fingerprint density at radius 3 is 2.10 bits per heavy atom. The maximum Gasteiger partial charge on any atom is 0.414 e. The van der Waals surface area contributed by atoms with Crippen LogP contribution in [0.15, 0.2) is 18.2 Å². The van der Waals surface area contributed by atoms with E-state index < -0.39 is 29.9 Å². The maximum atomic E-state index is 11.3. The molecule has 0 radical (unpaired) electrons. The van der Waals surface area contributed by atoms with Crippen LogP contribution in [0.25, 0.3) is 0 Å². The van der Waals surface area contributed by atoms with E-state index in [0.29, 0.717) is 18.0 Å². The van der Waals surface area contributed by atoms with Gasteiger partial charge in [-0.25, -0.2) is 9.59 Å². The predicted molar refractivity (Wildman–Crippen MR) is 105 cm³/mol. The number of nitrogens with one attached hydrogen (secondary N) is 1. The first-order valence-electron chi connectivity index (χ1n) is 8.77. The average molecular weight is 414 g/mol. The number of β-amino-alcohol motifs (C(OH)–C–C–N with tert-alkyl or cyclic N) is 1. The van der Waals surface area contributed by atoms with E-state index in [1.165, 1.54) is 7.11 Å². The number of carboxylic acids is 2. The van der Waals surface area contributed by atoms with E-state index in [1.807, 2.05) is 20.8 Å². The molecule has 6 N–H and O–H groups in total. The standard InChI is InChI=1S/C17H28N2O4.C2H2O4/c1-11(16(18)21)12-6-7-14(15(8-12)22-5)23-10-13(20)9-19-17(2,3)4;3-1(4)2(5)6/h6-8,11,13,19-20H,9-10H2,1-5H3,(H2,18,21);(H,3,4)(H,5,6). The van der Waals surface area contributed by atoms with Crippen LogP contribution in [-0.4, -0.2) is 65.1 Å². The van der Waals surface area contributed by atoms with Crippen molar-refractivity contribution in [2.75, 3.05) is 20.3 Å². The van der Waals surface area contributed by atoms with E-state index in [4.69, 9.17) is 35.0 Å². The highest BCUT2D eigenvalue weighted by Crippen LogP contribution is 2.31. The van der Waals surface area contributed by atoms with Crippen LogP contribution < -0.4 is 20.5 Å². The summed E-state index contributed by atoms with van der Waals surface area (Å²) < 4.78 is 10.9. The molecule has 0 fully saturated rings. The molecule has 0 bridgehead atoms. The number of hydrogen-bond acceptors (Lipinski definition) is 7. The van der Waals surface area contributed by atoms with Crippen molar-refractivity contribution in [2.45, 2.75) is 45.3 Å². The number of rotatable bonds is 8. The van der Waals surface area contributed by atoms with Gasteiger partial charge in [-0.15, -0.1) is 0 Å². The lowest BCUT2D eigenvalue weighted by molar-refractivity contribution is -0.159. The minimum atomic E-state index is -1.82. The van der Waals surface area contributed by atoms with Crippen LogP contribution in [0.2, 0.25) is 0 Å². The van der Waals surface area contributed by atoms with Crippen molar-refractivity contribution >= 4 is 17.8 Å². The summed E-state index contributed by atoms with van der Waals surface area (Å²) in [5.74, 6) is -3.43. The molecule has 1 aromatic carbocycles. The van der Waals surface area contributed by atoms with Crippen LogP contribution in [0.3, 0.4) is 0 Å². The van der Waals surface area contributed by atoms with Gasteiger partial charge in [-0.05, 0) is 45.4 Å². The Hall–Kier alpha value is -2.85. The quantitative estimate of drug-likeness (QED) is 0.382. The highest BCUT2D eigenvalue weighted by Gasteiger charge is 2.16. The molecule has 1 amide bonds. The van der Waals surface area contributed by atoms with Crippen molar-refractivity contribution in [3.63, 3.8) is 0 Å². The van der Waals surface area contributed by atoms with Crippen LogP contribution in [-0.2, 0) is 14.4 Å². The number of primary amides is 1. The lowest BCUT2D eigenvalue weighted by atomic mass is 10.0. The summed E-state index contributed by atoms with van der Waals surface area (Å²) in [6, 6.07) is 5.22. The van der Waals surface area contributed by atoms with Gasteiger partial charge in [0.05, 0.1) is 13.0 Å². The van der Waals surface area contributed by atoms with E-state index in [0.717, 1.165) is 5.56 Å². The zero-order valence-corrected chi connectivity index (χ0v) is 17.3. The van der Waals surface area contributed by atoms with Gasteiger partial charge < -0.3 is 35.8 Å². The number of aliphatic hydroxyl groups is 1. The fraction of sp³-hybridized carbons (Fsp3) is 0.526. The minimum Gasteiger partial charge on any atom is -0.493 e. The number of carbonyl (C=O) groups is 3. The molecular formula is C19H30N2O8. The molecule has 29 heavy (non-hydrogen) atoms. The molecule has 2 atom stereocenters. The molecule has 0 saturated carbocycles. The van der Waals surface area contributed by atoms with E-state index in [9.17, 15) is 9.90 Å². The molecule has 0 saturated heterocycles. The summed E-state index contributed by atoms with van der Waals surface area (Å²) in [5.41, 5.74) is 6.01. The van der Waals surface area contributed by atoms with Crippen molar-refractivity contribution in [3.05, 3.63) is 23.8 Å². The zero-order chi connectivity index (χ0) is 22.8. The number of methoxy groups -OCH3 is 1. The number of amides is 1. The summed E-state index contributed by atoms with van der Waals surface area (Å²) in [7, 11) is 1.53. The number of carboxylic acid groups (broad SMARTS) is 2. The van der Waals surface area contributed by atoms with Crippen LogP contribution in [0, 0.1) is 0 Å². The topological polar surface area (TPSA) is 168 Å². The van der Waals surface area contributed by atoms with Crippen molar-refractivity contribution in [3.8, 4) is 11.5 Å². The number of aliphatic carboxylic acids is 2. The van der Waals surface area contributed by atoms with Gasteiger partial charge >= 0.3 is 11.9 Å². The first-order chi connectivity index (χ1) is 13.3. The summed E-state index contributed by atoms with van der Waals surface area (Å²) in [5, 5.41) is 28.0. The van der Waals surface area contributed by atoms with Gasteiger partial charge in [-0.2, -0.15) is 0 Å². The van der Waals surface area contributed by atoms with Gasteiger partial charge in [-0.1, -0.05) is 6.07 Å². The SMILES string of the molecule is COc1cc(C(C)C(N)=O)ccc1OCC(O)CNC(C)(C)C.O=C(O)C(=O)O. The summed E-state index contributed by atoms with van der Waals surface area (Å²) in [6.07, 6.45) is -0.636. The second kappa shape index (κ2) is 11.9. The van der Waals surface area contributed by atoms with E-state index in [2.05, 4.69) is 5.32 Å². The lowest BCUT2D eigenvalue weighted by Crippen LogP contribution is -2.42. The Morgan fingerprint density at radius 1 is 1.14 bits per heavy atom. The number of hydrogen-bond donors (Lipinski definition) is 5. The lowest BCUT2D eigenvalue weighted by Gasteiger charge is -2.23. The molecule has 0 heterocycles. The minimum absolute atomic E-state index is 0.0643. The first kappa shape index (κ1) is 26.1. The maximum absolute atomic E-state index is 11.3. The van der Waals surface area contributed by atoms with Gasteiger partial charge in [-0.3, -0.25) is 4.79 Å².